The van der Waals surface area contributed by atoms with E-state index in [1.807, 2.05) is 30.3 Å². The van der Waals surface area contributed by atoms with Crippen LogP contribution in [0.25, 0.3) is 6.08 Å². The van der Waals surface area contributed by atoms with Gasteiger partial charge < -0.3 is 9.47 Å². The van der Waals surface area contributed by atoms with Gasteiger partial charge in [0, 0.05) is 17.0 Å². The van der Waals surface area contributed by atoms with Crippen molar-refractivity contribution >= 4 is 34.8 Å². The number of carbonyl (C=O) groups is 1. The quantitative estimate of drug-likeness (QED) is 0.571. The lowest BCUT2D eigenvalue weighted by atomic mass is 9.86. The second kappa shape index (κ2) is 8.65. The molecule has 3 aromatic rings. The van der Waals surface area contributed by atoms with Crippen LogP contribution in [0.1, 0.15) is 36.4 Å². The molecule has 168 valence electrons. The van der Waals surface area contributed by atoms with E-state index < -0.39 is 6.04 Å². The Morgan fingerprint density at radius 1 is 1.06 bits per heavy atom. The van der Waals surface area contributed by atoms with Gasteiger partial charge in [-0.2, -0.15) is 0 Å². The maximum absolute atomic E-state index is 13.6. The Balaban J connectivity index is 1.71. The number of nitrogens with zero attached hydrogens (tertiary/aromatic N) is 2. The summed E-state index contributed by atoms with van der Waals surface area (Å²) in [7, 11) is 3.15. The van der Waals surface area contributed by atoms with Crippen molar-refractivity contribution in [2.24, 2.45) is 4.99 Å². The summed E-state index contributed by atoms with van der Waals surface area (Å²) in [5.74, 6) is 1.25. The van der Waals surface area contributed by atoms with Gasteiger partial charge in [-0.3, -0.25) is 14.2 Å². The molecule has 6 nitrogen and oxygen atoms in total. The zero-order valence-corrected chi connectivity index (χ0v) is 19.7. The number of benzene rings is 2. The number of ketones is 1. The van der Waals surface area contributed by atoms with Crippen molar-refractivity contribution in [3.8, 4) is 11.5 Å². The van der Waals surface area contributed by atoms with Crippen LogP contribution in [-0.4, -0.2) is 24.6 Å². The Morgan fingerprint density at radius 2 is 1.82 bits per heavy atom. The van der Waals surface area contributed by atoms with Crippen LogP contribution < -0.4 is 24.4 Å². The standard InChI is InChI=1S/C25H21ClN2O4S/c1-31-19-11-6-14(12-20(19)32-2)13-21-24(30)28-23(15-7-9-16(26)10-8-15)22-17(27-25(28)33-21)4-3-5-18(22)29/h6-13,23H,3-5H2,1-2H3. The maximum atomic E-state index is 13.6. The minimum atomic E-state index is -0.506. The van der Waals surface area contributed by atoms with Gasteiger partial charge in [0.2, 0.25) is 0 Å². The molecule has 0 saturated heterocycles. The lowest BCUT2D eigenvalue weighted by Crippen LogP contribution is -2.40. The summed E-state index contributed by atoms with van der Waals surface area (Å²) in [4.78, 5) is 31.9. The first kappa shape index (κ1) is 21.7. The number of rotatable bonds is 4. The van der Waals surface area contributed by atoms with Crippen molar-refractivity contribution in [3.05, 3.63) is 89.6 Å². The summed E-state index contributed by atoms with van der Waals surface area (Å²) in [6.45, 7) is 0. The normalized spacial score (nSPS) is 18.0. The largest absolute Gasteiger partial charge is 0.493 e. The summed E-state index contributed by atoms with van der Waals surface area (Å²) < 4.78 is 12.9. The van der Waals surface area contributed by atoms with Gasteiger partial charge in [-0.05, 0) is 54.3 Å². The summed E-state index contributed by atoms with van der Waals surface area (Å²) in [6.07, 6.45) is 3.79. The van der Waals surface area contributed by atoms with Crippen LogP contribution in [0.4, 0.5) is 0 Å². The monoisotopic (exact) mass is 480 g/mol. The molecule has 5 rings (SSSR count). The number of fused-ring (bicyclic) bond motifs is 1. The Bertz CT molecular complexity index is 1470. The van der Waals surface area contributed by atoms with Gasteiger partial charge in [0.05, 0.1) is 30.5 Å². The van der Waals surface area contributed by atoms with Crippen molar-refractivity contribution in [1.29, 1.82) is 0 Å². The van der Waals surface area contributed by atoms with E-state index in [4.69, 9.17) is 26.1 Å². The Hall–Kier alpha value is -3.16. The molecule has 0 N–H and O–H groups in total. The molecule has 2 aromatic carbocycles. The van der Waals surface area contributed by atoms with Gasteiger partial charge in [-0.15, -0.1) is 0 Å². The molecule has 8 heteroatoms. The van der Waals surface area contributed by atoms with Gasteiger partial charge >= 0.3 is 0 Å². The van der Waals surface area contributed by atoms with E-state index in [1.165, 1.54) is 11.3 Å². The van der Waals surface area contributed by atoms with Crippen LogP contribution in [0.3, 0.4) is 0 Å². The smallest absolute Gasteiger partial charge is 0.271 e. The summed E-state index contributed by atoms with van der Waals surface area (Å²) in [6, 6.07) is 12.3. The fourth-order valence-electron chi connectivity index (χ4n) is 4.36. The molecule has 1 aromatic heterocycles. The first-order chi connectivity index (χ1) is 16.0. The number of hydrogen-bond donors (Lipinski definition) is 0. The van der Waals surface area contributed by atoms with Crippen LogP contribution in [0.2, 0.25) is 5.02 Å². The van der Waals surface area contributed by atoms with Crippen molar-refractivity contribution in [2.45, 2.75) is 25.3 Å². The number of carbonyl (C=O) groups excluding carboxylic acids is 1. The Labute approximate surface area is 199 Å². The molecule has 33 heavy (non-hydrogen) atoms. The van der Waals surface area contributed by atoms with Crippen molar-refractivity contribution in [2.75, 3.05) is 14.2 Å². The lowest BCUT2D eigenvalue weighted by molar-refractivity contribution is -0.116. The predicted octanol–water partition coefficient (Wildman–Crippen LogP) is 3.64. The molecule has 2 heterocycles. The zero-order valence-electron chi connectivity index (χ0n) is 18.1. The molecule has 0 amide bonds. The van der Waals surface area contributed by atoms with Gasteiger partial charge in [0.25, 0.3) is 5.56 Å². The Kier molecular flexibility index (Phi) is 5.68. The topological polar surface area (TPSA) is 69.9 Å². The first-order valence-corrected chi connectivity index (χ1v) is 11.7. The van der Waals surface area contributed by atoms with E-state index >= 15 is 0 Å². The van der Waals surface area contributed by atoms with Crippen LogP contribution in [0.5, 0.6) is 11.5 Å². The number of allylic oxidation sites excluding steroid dienone is 2. The van der Waals surface area contributed by atoms with E-state index in [9.17, 15) is 9.59 Å². The molecule has 2 aliphatic rings. The molecule has 0 saturated carbocycles. The van der Waals surface area contributed by atoms with E-state index in [0.717, 1.165) is 29.7 Å². The number of Topliss-reactive ketones (excluding diaryl/α,β-unsaturated/α-hetero) is 1. The Morgan fingerprint density at radius 3 is 2.55 bits per heavy atom. The van der Waals surface area contributed by atoms with Crippen molar-refractivity contribution in [1.82, 2.24) is 4.57 Å². The fraction of sp³-hybridized carbons (Fsp3) is 0.240. The first-order valence-electron chi connectivity index (χ1n) is 10.6. The molecular formula is C25H21ClN2O4S. The highest BCUT2D eigenvalue weighted by molar-refractivity contribution is 7.07. The third kappa shape index (κ3) is 3.81. The van der Waals surface area contributed by atoms with Crippen LogP contribution in [-0.2, 0) is 4.79 Å². The lowest BCUT2D eigenvalue weighted by Gasteiger charge is -2.28. The minimum Gasteiger partial charge on any atom is -0.493 e. The summed E-state index contributed by atoms with van der Waals surface area (Å²) >= 11 is 7.42. The van der Waals surface area contributed by atoms with Gasteiger partial charge in [-0.25, -0.2) is 4.99 Å². The van der Waals surface area contributed by atoms with Crippen LogP contribution >= 0.6 is 22.9 Å². The zero-order chi connectivity index (χ0) is 23.1. The molecule has 1 aliphatic carbocycles. The van der Waals surface area contributed by atoms with Gasteiger partial charge in [-0.1, -0.05) is 41.1 Å². The second-order valence-corrected chi connectivity index (χ2v) is 9.33. The average molecular weight is 481 g/mol. The fourth-order valence-corrected chi connectivity index (χ4v) is 5.51. The molecule has 1 aliphatic heterocycles. The number of methoxy groups -OCH3 is 2. The molecule has 1 atom stereocenters. The average Bonchev–Trinajstić information content (AvgIpc) is 3.13. The van der Waals surface area contributed by atoms with Gasteiger partial charge in [0.15, 0.2) is 22.1 Å². The number of halogens is 1. The molecule has 0 spiro atoms. The van der Waals surface area contributed by atoms with Crippen LogP contribution in [0, 0.1) is 0 Å². The molecule has 0 radical (unpaired) electrons. The van der Waals surface area contributed by atoms with Crippen molar-refractivity contribution < 1.29 is 14.3 Å². The minimum absolute atomic E-state index is 0.0501. The highest BCUT2D eigenvalue weighted by atomic mass is 35.5. The molecule has 0 bridgehead atoms. The molecule has 0 fully saturated rings. The predicted molar refractivity (Wildman–Crippen MR) is 128 cm³/mol. The highest BCUT2D eigenvalue weighted by Gasteiger charge is 2.34. The van der Waals surface area contributed by atoms with Crippen molar-refractivity contribution in [3.63, 3.8) is 0 Å². The third-order valence-corrected chi connectivity index (χ3v) is 7.15. The highest BCUT2D eigenvalue weighted by Crippen LogP contribution is 2.36. The number of ether oxygens (including phenoxy) is 2. The van der Waals surface area contributed by atoms with Crippen LogP contribution in [0.15, 0.2) is 63.5 Å². The summed E-state index contributed by atoms with van der Waals surface area (Å²) in [5, 5.41) is 0.601. The number of hydrogen-bond acceptors (Lipinski definition) is 6. The number of aromatic nitrogens is 1. The maximum Gasteiger partial charge on any atom is 0.271 e. The SMILES string of the molecule is COc1ccc(C=c2sc3n(c2=O)C(c2ccc(Cl)cc2)C2=C(CCCC2=O)N=3)cc1OC. The van der Waals surface area contributed by atoms with Gasteiger partial charge in [0.1, 0.15) is 0 Å². The molecular weight excluding hydrogens is 460 g/mol. The van der Waals surface area contributed by atoms with E-state index in [2.05, 4.69) is 0 Å². The third-order valence-electron chi connectivity index (χ3n) is 5.92. The van der Waals surface area contributed by atoms with E-state index in [-0.39, 0.29) is 11.3 Å². The van der Waals surface area contributed by atoms with E-state index in [0.29, 0.717) is 37.8 Å². The second-order valence-electron chi connectivity index (χ2n) is 7.89. The number of thiazole rings is 1. The summed E-state index contributed by atoms with van der Waals surface area (Å²) in [5.41, 5.74) is 2.87. The molecule has 1 unspecified atom stereocenters. The van der Waals surface area contributed by atoms with E-state index in [1.54, 1.807) is 37.0 Å².